The van der Waals surface area contributed by atoms with E-state index < -0.39 is 41.8 Å². The second kappa shape index (κ2) is 12.4. The molecule has 0 bridgehead atoms. The molecule has 4 amide bonds. The molecule has 2 atom stereocenters. The second-order valence-electron chi connectivity index (χ2n) is 9.35. The molecule has 0 unspecified atom stereocenters. The zero-order valence-corrected chi connectivity index (χ0v) is 22.3. The molecule has 1 aliphatic heterocycles. The minimum atomic E-state index is -1.43. The maximum Gasteiger partial charge on any atom is 0.323 e. The molecule has 0 saturated carbocycles. The number of anilines is 1. The highest BCUT2D eigenvalue weighted by molar-refractivity contribution is 6.31. The highest BCUT2D eigenvalue weighted by Gasteiger charge is 2.39. The van der Waals surface area contributed by atoms with Gasteiger partial charge in [-0.1, -0.05) is 29.8 Å². The number of hydrogen-bond donors (Lipinski definition) is 3. The van der Waals surface area contributed by atoms with Crippen molar-refractivity contribution in [3.05, 3.63) is 64.6 Å². The van der Waals surface area contributed by atoms with Crippen LogP contribution in [0.3, 0.4) is 0 Å². The van der Waals surface area contributed by atoms with Crippen LogP contribution in [0.4, 0.5) is 24.1 Å². The monoisotopic (exact) mass is 575 g/mol. The van der Waals surface area contributed by atoms with Crippen molar-refractivity contribution >= 4 is 51.9 Å². The Bertz CT molecular complexity index is 1460. The van der Waals surface area contributed by atoms with Gasteiger partial charge in [-0.25, -0.2) is 18.4 Å². The zero-order chi connectivity index (χ0) is 29.0. The van der Waals surface area contributed by atoms with Crippen LogP contribution in [0.5, 0.6) is 0 Å². The van der Waals surface area contributed by atoms with Gasteiger partial charge in [-0.2, -0.15) is 0 Å². The Hall–Kier alpha value is -4.03. The molecule has 0 spiro atoms. The number of alkyl halides is 1. The average molecular weight is 576 g/mol. The lowest BCUT2D eigenvalue weighted by atomic mass is 9.99. The number of nitrogens with zero attached hydrogens (tertiary/aromatic N) is 2. The summed E-state index contributed by atoms with van der Waals surface area (Å²) in [6.07, 6.45) is -0.615. The fourth-order valence-electron chi connectivity index (χ4n) is 4.72. The van der Waals surface area contributed by atoms with E-state index >= 15 is 0 Å². The van der Waals surface area contributed by atoms with Crippen LogP contribution in [0, 0.1) is 5.82 Å². The zero-order valence-electron chi connectivity index (χ0n) is 21.6. The van der Waals surface area contributed by atoms with E-state index in [1.165, 1.54) is 30.0 Å². The number of ether oxygens (including phenoxy) is 1. The van der Waals surface area contributed by atoms with E-state index in [0.717, 1.165) is 4.90 Å². The number of aryl methyl sites for hydroxylation is 1. The number of fused-ring (bicyclic) bond motifs is 1. The molecule has 13 heteroatoms. The Kier molecular flexibility index (Phi) is 9.00. The number of aromatic nitrogens is 1. The highest BCUT2D eigenvalue weighted by atomic mass is 35.5. The molecule has 0 radical (unpaired) electrons. The number of halogens is 3. The summed E-state index contributed by atoms with van der Waals surface area (Å²) in [6, 6.07) is 6.69. The van der Waals surface area contributed by atoms with Crippen LogP contribution >= 0.6 is 11.6 Å². The minimum Gasteiger partial charge on any atom is -0.383 e. The maximum atomic E-state index is 14.7. The third-order valence-corrected chi connectivity index (χ3v) is 6.95. The molecule has 2 heterocycles. The van der Waals surface area contributed by atoms with Crippen LogP contribution in [0.25, 0.3) is 10.9 Å². The first-order chi connectivity index (χ1) is 19.1. The van der Waals surface area contributed by atoms with Crippen LogP contribution in [0.1, 0.15) is 28.8 Å². The van der Waals surface area contributed by atoms with Gasteiger partial charge in [0.25, 0.3) is 5.91 Å². The number of benzene rings is 2. The van der Waals surface area contributed by atoms with Gasteiger partial charge in [0.05, 0.1) is 35.4 Å². The molecule has 2 aromatic carbocycles. The summed E-state index contributed by atoms with van der Waals surface area (Å²) in [5, 5.41) is 5.52. The van der Waals surface area contributed by atoms with Crippen molar-refractivity contribution in [1.29, 1.82) is 0 Å². The minimum absolute atomic E-state index is 0.0443. The Morgan fingerprint density at radius 1 is 1.20 bits per heavy atom. The summed E-state index contributed by atoms with van der Waals surface area (Å²) in [6.45, 7) is 0.218. The van der Waals surface area contributed by atoms with Gasteiger partial charge in [0.2, 0.25) is 0 Å². The molecule has 4 N–H and O–H groups in total. The van der Waals surface area contributed by atoms with Crippen LogP contribution in [-0.4, -0.2) is 72.2 Å². The number of ketones is 1. The summed E-state index contributed by atoms with van der Waals surface area (Å²) in [7, 11) is 1.48. The topological polar surface area (TPSA) is 136 Å². The summed E-state index contributed by atoms with van der Waals surface area (Å²) in [5.74, 6) is -1.72. The number of carbonyl (C=O) groups excluding carboxylic acids is 4. The van der Waals surface area contributed by atoms with Crippen LogP contribution in [0.2, 0.25) is 5.02 Å². The molecule has 0 aliphatic carbocycles. The van der Waals surface area contributed by atoms with Crippen molar-refractivity contribution in [3.8, 4) is 0 Å². The van der Waals surface area contributed by atoms with Gasteiger partial charge in [-0.15, -0.1) is 0 Å². The SMILES string of the molecule is COCCNC(=O)c1cc(Cl)c(F)c(CCC(=O)[C@@H]2C[C@@H](F)CN2C(=O)Nc2cn(C(N)=O)c3ccccc23)c1. The van der Waals surface area contributed by atoms with Crippen LogP contribution in [0.15, 0.2) is 42.6 Å². The Morgan fingerprint density at radius 2 is 1.95 bits per heavy atom. The molecule has 10 nitrogen and oxygen atoms in total. The van der Waals surface area contributed by atoms with E-state index in [1.807, 2.05) is 0 Å². The Balaban J connectivity index is 1.47. The van der Waals surface area contributed by atoms with E-state index in [1.54, 1.807) is 24.3 Å². The number of likely N-dealkylation sites (tertiary alicyclic amines) is 1. The fourth-order valence-corrected chi connectivity index (χ4v) is 4.95. The van der Waals surface area contributed by atoms with Crippen molar-refractivity contribution in [2.24, 2.45) is 5.73 Å². The molecule has 1 aliphatic rings. The largest absolute Gasteiger partial charge is 0.383 e. The average Bonchev–Trinajstić information content (AvgIpc) is 3.50. The quantitative estimate of drug-likeness (QED) is 0.333. The van der Waals surface area contributed by atoms with Gasteiger partial charge in [0.1, 0.15) is 12.0 Å². The molecular formula is C27H28ClF2N5O5. The Labute approximate surface area is 233 Å². The fraction of sp³-hybridized carbons (Fsp3) is 0.333. The van der Waals surface area contributed by atoms with Crippen molar-refractivity contribution in [3.63, 3.8) is 0 Å². The number of para-hydroxylation sites is 1. The van der Waals surface area contributed by atoms with Crippen molar-refractivity contribution < 1.29 is 32.7 Å². The molecule has 4 rings (SSSR count). The number of urea groups is 1. The number of primary amides is 1. The highest BCUT2D eigenvalue weighted by Crippen LogP contribution is 2.29. The van der Waals surface area contributed by atoms with Gasteiger partial charge >= 0.3 is 12.1 Å². The van der Waals surface area contributed by atoms with E-state index in [9.17, 15) is 28.0 Å². The summed E-state index contributed by atoms with van der Waals surface area (Å²) in [5.41, 5.74) is 6.32. The number of rotatable bonds is 9. The van der Waals surface area contributed by atoms with Crippen LogP contribution < -0.4 is 16.4 Å². The number of nitrogens with one attached hydrogen (secondary N) is 2. The van der Waals surface area contributed by atoms with E-state index in [4.69, 9.17) is 22.1 Å². The van der Waals surface area contributed by atoms with E-state index in [2.05, 4.69) is 10.6 Å². The predicted molar refractivity (Wildman–Crippen MR) is 145 cm³/mol. The standard InChI is InChI=1S/C27H28ClF2N5O5/c1-40-9-8-32-25(37)16-10-15(24(30)19(28)11-16)6-7-23(36)22-12-17(29)13-35(22)27(39)33-20-14-34(26(31)38)21-5-3-2-4-18(20)21/h2-5,10-11,14,17,22H,6-9,12-13H2,1H3,(H2,31,38)(H,32,37)(H,33,39)/t17-,22+/m1/s1. The molecule has 212 valence electrons. The lowest BCUT2D eigenvalue weighted by Crippen LogP contribution is -2.43. The lowest BCUT2D eigenvalue weighted by molar-refractivity contribution is -0.122. The summed E-state index contributed by atoms with van der Waals surface area (Å²) < 4.78 is 35.2. The first-order valence-corrected chi connectivity index (χ1v) is 12.9. The van der Waals surface area contributed by atoms with Crippen molar-refractivity contribution in [2.75, 3.05) is 32.1 Å². The van der Waals surface area contributed by atoms with Crippen molar-refractivity contribution in [1.82, 2.24) is 14.8 Å². The van der Waals surface area contributed by atoms with Gasteiger partial charge in [0, 0.05) is 43.6 Å². The number of hydrogen-bond acceptors (Lipinski definition) is 5. The van der Waals surface area contributed by atoms with E-state index in [0.29, 0.717) is 10.9 Å². The smallest absolute Gasteiger partial charge is 0.323 e. The first kappa shape index (κ1) is 29.0. The Morgan fingerprint density at radius 3 is 2.67 bits per heavy atom. The molecule has 1 fully saturated rings. The molecule has 1 saturated heterocycles. The lowest BCUT2D eigenvalue weighted by Gasteiger charge is -2.23. The number of methoxy groups -OCH3 is 1. The molecular weight excluding hydrogens is 548 g/mol. The maximum absolute atomic E-state index is 14.7. The van der Waals surface area contributed by atoms with Gasteiger partial charge in [-0.05, 0) is 30.2 Å². The third kappa shape index (κ3) is 6.23. The molecule has 1 aromatic heterocycles. The van der Waals surface area contributed by atoms with Gasteiger partial charge in [-0.3, -0.25) is 14.2 Å². The summed E-state index contributed by atoms with van der Waals surface area (Å²) >= 11 is 5.98. The third-order valence-electron chi connectivity index (χ3n) is 6.67. The molecule has 3 aromatic rings. The molecule has 40 heavy (non-hydrogen) atoms. The van der Waals surface area contributed by atoms with Crippen molar-refractivity contribution in [2.45, 2.75) is 31.5 Å². The second-order valence-corrected chi connectivity index (χ2v) is 9.75. The van der Waals surface area contributed by atoms with E-state index in [-0.39, 0.29) is 60.8 Å². The number of amides is 4. The normalized spacial score (nSPS) is 16.8. The number of Topliss-reactive ketones (excluding diaryl/α,β-unsaturated/α-hetero) is 1. The van der Waals surface area contributed by atoms with Crippen LogP contribution in [-0.2, 0) is 16.0 Å². The number of carbonyl (C=O) groups is 4. The number of nitrogens with two attached hydrogens (primary N) is 1. The summed E-state index contributed by atoms with van der Waals surface area (Å²) in [4.78, 5) is 51.5. The van der Waals surface area contributed by atoms with Gasteiger partial charge in [0.15, 0.2) is 5.78 Å². The predicted octanol–water partition coefficient (Wildman–Crippen LogP) is 3.88. The van der Waals surface area contributed by atoms with Gasteiger partial charge < -0.3 is 26.0 Å². The first-order valence-electron chi connectivity index (χ1n) is 12.5.